The number of thiophene rings is 1. The second-order valence-corrected chi connectivity index (χ2v) is 6.15. The van der Waals surface area contributed by atoms with E-state index < -0.39 is 0 Å². The zero-order chi connectivity index (χ0) is 12.4. The second kappa shape index (κ2) is 5.25. The number of tetrazole rings is 1. The van der Waals surface area contributed by atoms with E-state index in [1.54, 1.807) is 0 Å². The molecule has 0 N–H and O–H groups in total. The first kappa shape index (κ1) is 11.9. The maximum atomic E-state index is 12.1. The Hall–Kier alpha value is -1.12. The molecule has 0 aliphatic carbocycles. The summed E-state index contributed by atoms with van der Waals surface area (Å²) in [6.45, 7) is 2.54. The maximum absolute atomic E-state index is 12.1. The average Bonchev–Trinajstić information content (AvgIpc) is 3.02. The summed E-state index contributed by atoms with van der Waals surface area (Å²) in [5, 5.41) is 10.6. The third kappa shape index (κ3) is 2.36. The van der Waals surface area contributed by atoms with Crippen molar-refractivity contribution in [2.45, 2.75) is 6.67 Å². The van der Waals surface area contributed by atoms with E-state index in [0.29, 0.717) is 6.67 Å². The van der Waals surface area contributed by atoms with E-state index in [9.17, 15) is 4.79 Å². The Morgan fingerprint density at radius 3 is 2.83 bits per heavy atom. The zero-order valence-electron chi connectivity index (χ0n) is 9.73. The van der Waals surface area contributed by atoms with Gasteiger partial charge in [-0.15, -0.1) is 11.3 Å². The summed E-state index contributed by atoms with van der Waals surface area (Å²) in [7, 11) is 0. The lowest BCUT2D eigenvalue weighted by atomic mass is 10.5. The van der Waals surface area contributed by atoms with Crippen LogP contribution in [0, 0.1) is 0 Å². The van der Waals surface area contributed by atoms with E-state index >= 15 is 0 Å². The lowest BCUT2D eigenvalue weighted by Gasteiger charge is -2.24. The molecule has 0 bridgehead atoms. The minimum absolute atomic E-state index is 0.171. The standard InChI is InChI=1S/C10H13N5OS2/c16-10-14(8-13-3-6-17-7-4-13)11-12-15(10)9-2-1-5-18-9/h1-2,5H,3-4,6-8H2. The molecule has 0 radical (unpaired) electrons. The third-order valence-electron chi connectivity index (χ3n) is 2.79. The number of hydrogen-bond donors (Lipinski definition) is 0. The highest BCUT2D eigenvalue weighted by Gasteiger charge is 2.15. The molecule has 6 nitrogen and oxygen atoms in total. The van der Waals surface area contributed by atoms with Crippen molar-refractivity contribution in [1.82, 2.24) is 24.7 Å². The average molecular weight is 283 g/mol. The highest BCUT2D eigenvalue weighted by molar-refractivity contribution is 7.99. The highest BCUT2D eigenvalue weighted by Crippen LogP contribution is 2.11. The molecule has 0 unspecified atom stereocenters. The molecule has 0 saturated carbocycles. The summed E-state index contributed by atoms with van der Waals surface area (Å²) in [5.41, 5.74) is -0.171. The molecule has 3 rings (SSSR count). The van der Waals surface area contributed by atoms with Crippen LogP contribution in [-0.4, -0.2) is 49.3 Å². The van der Waals surface area contributed by atoms with Gasteiger partial charge in [-0.3, -0.25) is 4.90 Å². The minimum Gasteiger partial charge on any atom is -0.283 e. The van der Waals surface area contributed by atoms with Crippen molar-refractivity contribution in [1.29, 1.82) is 0 Å². The summed E-state index contributed by atoms with van der Waals surface area (Å²) in [6, 6.07) is 3.76. The van der Waals surface area contributed by atoms with Gasteiger partial charge in [0.05, 0.1) is 0 Å². The first-order valence-corrected chi connectivity index (χ1v) is 7.75. The van der Waals surface area contributed by atoms with E-state index in [0.717, 1.165) is 29.6 Å². The normalized spacial score (nSPS) is 17.1. The molecule has 2 aromatic rings. The van der Waals surface area contributed by atoms with Gasteiger partial charge in [0.1, 0.15) is 11.7 Å². The van der Waals surface area contributed by atoms with E-state index in [1.165, 1.54) is 20.7 Å². The molecule has 96 valence electrons. The summed E-state index contributed by atoms with van der Waals surface area (Å²) in [4.78, 5) is 14.3. The summed E-state index contributed by atoms with van der Waals surface area (Å²) in [6.07, 6.45) is 0. The maximum Gasteiger partial charge on any atom is 0.370 e. The van der Waals surface area contributed by atoms with Gasteiger partial charge in [-0.05, 0) is 27.9 Å². The molecule has 3 heterocycles. The SMILES string of the molecule is O=c1n(CN2CCSCC2)nnn1-c1cccs1. The van der Waals surface area contributed by atoms with Crippen LogP contribution < -0.4 is 5.69 Å². The lowest BCUT2D eigenvalue weighted by Crippen LogP contribution is -2.38. The number of hydrogen-bond acceptors (Lipinski definition) is 6. The molecule has 2 aromatic heterocycles. The Bertz CT molecular complexity index is 555. The van der Waals surface area contributed by atoms with Crippen LogP contribution in [0.4, 0.5) is 0 Å². The molecule has 0 spiro atoms. The third-order valence-corrected chi connectivity index (χ3v) is 4.58. The zero-order valence-corrected chi connectivity index (χ0v) is 11.4. The molecular weight excluding hydrogens is 270 g/mol. The molecule has 1 fully saturated rings. The first-order chi connectivity index (χ1) is 8.84. The lowest BCUT2D eigenvalue weighted by molar-refractivity contribution is 0.222. The molecule has 8 heteroatoms. The first-order valence-electron chi connectivity index (χ1n) is 5.71. The van der Waals surface area contributed by atoms with Crippen LogP contribution in [0.25, 0.3) is 5.00 Å². The van der Waals surface area contributed by atoms with E-state index in [4.69, 9.17) is 0 Å². The van der Waals surface area contributed by atoms with Gasteiger partial charge in [0, 0.05) is 24.6 Å². The number of aromatic nitrogens is 4. The van der Waals surface area contributed by atoms with Crippen molar-refractivity contribution in [2.75, 3.05) is 24.6 Å². The quantitative estimate of drug-likeness (QED) is 0.821. The van der Waals surface area contributed by atoms with Gasteiger partial charge in [-0.2, -0.15) is 21.1 Å². The van der Waals surface area contributed by atoms with Crippen molar-refractivity contribution in [3.63, 3.8) is 0 Å². The predicted molar refractivity (Wildman–Crippen MR) is 72.4 cm³/mol. The van der Waals surface area contributed by atoms with Crippen LogP contribution in [0.15, 0.2) is 22.3 Å². The topological polar surface area (TPSA) is 56.0 Å². The largest absolute Gasteiger partial charge is 0.370 e. The second-order valence-electron chi connectivity index (χ2n) is 4.00. The monoisotopic (exact) mass is 283 g/mol. The number of thioether (sulfide) groups is 1. The van der Waals surface area contributed by atoms with Crippen LogP contribution in [0.5, 0.6) is 0 Å². The van der Waals surface area contributed by atoms with Crippen LogP contribution in [0.1, 0.15) is 0 Å². The smallest absolute Gasteiger partial charge is 0.283 e. The van der Waals surface area contributed by atoms with Crippen molar-refractivity contribution in [3.05, 3.63) is 28.0 Å². The predicted octanol–water partition coefficient (Wildman–Crippen LogP) is 0.497. The molecule has 0 amide bonds. The Morgan fingerprint density at radius 2 is 2.11 bits per heavy atom. The van der Waals surface area contributed by atoms with Gasteiger partial charge in [-0.25, -0.2) is 4.79 Å². The highest BCUT2D eigenvalue weighted by atomic mass is 32.2. The van der Waals surface area contributed by atoms with Crippen molar-refractivity contribution in [2.24, 2.45) is 0 Å². The number of nitrogens with zero attached hydrogens (tertiary/aromatic N) is 5. The Morgan fingerprint density at radius 1 is 1.28 bits per heavy atom. The minimum atomic E-state index is -0.171. The molecule has 0 aromatic carbocycles. The van der Waals surface area contributed by atoms with Gasteiger partial charge in [-0.1, -0.05) is 0 Å². The molecular formula is C10H13N5OS2. The van der Waals surface area contributed by atoms with Crippen LogP contribution >= 0.6 is 23.1 Å². The summed E-state index contributed by atoms with van der Waals surface area (Å²) in [5.74, 6) is 2.24. The molecule has 1 saturated heterocycles. The molecule has 0 atom stereocenters. The Labute approximate surface area is 112 Å². The van der Waals surface area contributed by atoms with E-state index in [2.05, 4.69) is 15.3 Å². The van der Waals surface area contributed by atoms with E-state index in [-0.39, 0.29) is 5.69 Å². The fourth-order valence-electron chi connectivity index (χ4n) is 1.82. The van der Waals surface area contributed by atoms with Crippen molar-refractivity contribution < 1.29 is 0 Å². The van der Waals surface area contributed by atoms with Gasteiger partial charge in [0.2, 0.25) is 0 Å². The fourth-order valence-corrected chi connectivity index (χ4v) is 3.47. The van der Waals surface area contributed by atoms with Crippen molar-refractivity contribution >= 4 is 23.1 Å². The van der Waals surface area contributed by atoms with Gasteiger partial charge < -0.3 is 0 Å². The van der Waals surface area contributed by atoms with Gasteiger partial charge in [0.25, 0.3) is 0 Å². The van der Waals surface area contributed by atoms with Crippen LogP contribution in [-0.2, 0) is 6.67 Å². The Kier molecular flexibility index (Phi) is 3.48. The van der Waals surface area contributed by atoms with Gasteiger partial charge >= 0.3 is 5.69 Å². The summed E-state index contributed by atoms with van der Waals surface area (Å²) >= 11 is 3.43. The van der Waals surface area contributed by atoms with Crippen LogP contribution in [0.2, 0.25) is 0 Å². The Balaban J connectivity index is 1.79. The number of rotatable bonds is 3. The fraction of sp³-hybridized carbons (Fsp3) is 0.500. The molecule has 18 heavy (non-hydrogen) atoms. The molecule has 1 aliphatic rings. The van der Waals surface area contributed by atoms with E-state index in [1.807, 2.05) is 29.3 Å². The van der Waals surface area contributed by atoms with Crippen molar-refractivity contribution in [3.8, 4) is 5.00 Å². The van der Waals surface area contributed by atoms with Crippen LogP contribution in [0.3, 0.4) is 0 Å². The molecule has 1 aliphatic heterocycles. The van der Waals surface area contributed by atoms with Gasteiger partial charge in [0.15, 0.2) is 0 Å². The summed E-state index contributed by atoms with van der Waals surface area (Å²) < 4.78 is 2.78.